The van der Waals surface area contributed by atoms with Crippen molar-refractivity contribution in [2.24, 2.45) is 0 Å². The van der Waals surface area contributed by atoms with Crippen LogP contribution in [-0.4, -0.2) is 29.1 Å². The molecule has 6 nitrogen and oxygen atoms in total. The third-order valence-electron chi connectivity index (χ3n) is 3.37. The number of alkyl halides is 3. The van der Waals surface area contributed by atoms with Crippen molar-refractivity contribution in [3.63, 3.8) is 0 Å². The van der Waals surface area contributed by atoms with E-state index in [1.54, 1.807) is 7.05 Å². The van der Waals surface area contributed by atoms with E-state index < -0.39 is 23.2 Å². The van der Waals surface area contributed by atoms with E-state index in [0.717, 1.165) is 12.1 Å². The van der Waals surface area contributed by atoms with Crippen LogP contribution < -0.4 is 10.6 Å². The number of hydrogen-bond acceptors (Lipinski definition) is 5. The maximum Gasteiger partial charge on any atom is 0.417 e. The van der Waals surface area contributed by atoms with Gasteiger partial charge in [-0.2, -0.15) is 18.2 Å². The number of halogens is 4. The Balaban J connectivity index is 0.00000312. The van der Waals surface area contributed by atoms with E-state index in [4.69, 9.17) is 4.52 Å². The molecule has 138 valence electrons. The molecule has 0 aliphatic carbocycles. The first-order valence-electron chi connectivity index (χ1n) is 7.24. The van der Waals surface area contributed by atoms with Gasteiger partial charge in [-0.15, -0.1) is 12.4 Å². The van der Waals surface area contributed by atoms with E-state index in [0.29, 0.717) is 12.2 Å². The molecule has 1 amide bonds. The molecule has 0 saturated carbocycles. The van der Waals surface area contributed by atoms with Crippen molar-refractivity contribution in [3.05, 3.63) is 47.1 Å². The Morgan fingerprint density at radius 3 is 2.64 bits per heavy atom. The summed E-state index contributed by atoms with van der Waals surface area (Å²) >= 11 is 0. The number of aromatic nitrogens is 2. The first-order chi connectivity index (χ1) is 11.3. The highest BCUT2D eigenvalue weighted by molar-refractivity contribution is 5.95. The minimum absolute atomic E-state index is 0. The normalized spacial score (nSPS) is 12.4. The highest BCUT2D eigenvalue weighted by atomic mass is 35.5. The summed E-state index contributed by atoms with van der Waals surface area (Å²) in [7, 11) is 1.80. The van der Waals surface area contributed by atoms with Crippen molar-refractivity contribution in [2.75, 3.05) is 7.05 Å². The zero-order valence-electron chi connectivity index (χ0n) is 13.6. The third-order valence-corrected chi connectivity index (χ3v) is 3.37. The molecule has 10 heteroatoms. The van der Waals surface area contributed by atoms with Gasteiger partial charge in [-0.05, 0) is 26.1 Å². The minimum atomic E-state index is -4.60. The summed E-state index contributed by atoms with van der Waals surface area (Å²) in [4.78, 5) is 16.1. The van der Waals surface area contributed by atoms with Crippen LogP contribution in [0.5, 0.6) is 0 Å². The van der Waals surface area contributed by atoms with E-state index in [1.807, 2.05) is 6.92 Å². The van der Waals surface area contributed by atoms with E-state index >= 15 is 0 Å². The summed E-state index contributed by atoms with van der Waals surface area (Å²) in [5, 5.41) is 9.13. The summed E-state index contributed by atoms with van der Waals surface area (Å²) in [6.45, 7) is 1.79. The van der Waals surface area contributed by atoms with Crippen LogP contribution in [-0.2, 0) is 19.1 Å². The van der Waals surface area contributed by atoms with E-state index in [9.17, 15) is 18.0 Å². The monoisotopic (exact) mass is 378 g/mol. The largest absolute Gasteiger partial charge is 0.417 e. The zero-order chi connectivity index (χ0) is 17.7. The molecule has 1 unspecified atom stereocenters. The van der Waals surface area contributed by atoms with Gasteiger partial charge >= 0.3 is 6.18 Å². The third kappa shape index (κ3) is 5.71. The molecule has 0 aliphatic rings. The Labute approximate surface area is 148 Å². The number of likely N-dealkylation sites (N-methyl/N-ethyl adjacent to an activating group) is 1. The summed E-state index contributed by atoms with van der Waals surface area (Å²) in [6, 6.07) is 4.72. The van der Waals surface area contributed by atoms with Gasteiger partial charge in [-0.1, -0.05) is 17.3 Å². The molecule has 0 fully saturated rings. The molecule has 2 rings (SSSR count). The Morgan fingerprint density at radius 2 is 2.00 bits per heavy atom. The molecular weight excluding hydrogens is 361 g/mol. The summed E-state index contributed by atoms with van der Waals surface area (Å²) < 4.78 is 43.7. The van der Waals surface area contributed by atoms with Crippen molar-refractivity contribution in [2.45, 2.75) is 32.1 Å². The number of carbonyl (C=O) groups excluding carboxylic acids is 1. The topological polar surface area (TPSA) is 80.0 Å². The second-order valence-corrected chi connectivity index (χ2v) is 5.22. The Hall–Kier alpha value is -2.13. The van der Waals surface area contributed by atoms with Crippen LogP contribution in [0.25, 0.3) is 0 Å². The van der Waals surface area contributed by atoms with Crippen molar-refractivity contribution in [3.8, 4) is 0 Å². The highest BCUT2D eigenvalue weighted by Crippen LogP contribution is 2.31. The molecule has 0 bridgehead atoms. The van der Waals surface area contributed by atoms with Gasteiger partial charge in [0.25, 0.3) is 5.91 Å². The highest BCUT2D eigenvalue weighted by Gasteiger charge is 2.34. The predicted octanol–water partition coefficient (Wildman–Crippen LogP) is 2.59. The molecule has 1 aromatic carbocycles. The molecular formula is C15H18ClF3N4O2. The number of carbonyl (C=O) groups is 1. The number of hydrogen-bond donors (Lipinski definition) is 2. The van der Waals surface area contributed by atoms with Crippen LogP contribution in [0.3, 0.4) is 0 Å². The van der Waals surface area contributed by atoms with Gasteiger partial charge in [-0.3, -0.25) is 4.79 Å². The number of amides is 1. The molecule has 0 radical (unpaired) electrons. The fourth-order valence-corrected chi connectivity index (χ4v) is 2.00. The van der Waals surface area contributed by atoms with Gasteiger partial charge in [0.05, 0.1) is 17.7 Å². The van der Waals surface area contributed by atoms with Crippen LogP contribution in [0.2, 0.25) is 0 Å². The van der Waals surface area contributed by atoms with Crippen LogP contribution in [0, 0.1) is 0 Å². The van der Waals surface area contributed by atoms with E-state index in [2.05, 4.69) is 20.8 Å². The van der Waals surface area contributed by atoms with Crippen LogP contribution in [0.15, 0.2) is 28.8 Å². The first kappa shape index (κ1) is 20.9. The van der Waals surface area contributed by atoms with Gasteiger partial charge in [0.2, 0.25) is 5.89 Å². The molecule has 1 aromatic heterocycles. The smallest absolute Gasteiger partial charge is 0.343 e. The lowest BCUT2D eigenvalue weighted by atomic mass is 10.1. The second kappa shape index (κ2) is 8.82. The number of benzene rings is 1. The molecule has 2 aromatic rings. The summed E-state index contributed by atoms with van der Waals surface area (Å²) in [6.07, 6.45) is -4.07. The van der Waals surface area contributed by atoms with Crippen molar-refractivity contribution in [1.82, 2.24) is 20.8 Å². The molecule has 1 atom stereocenters. The molecule has 0 spiro atoms. The van der Waals surface area contributed by atoms with E-state index in [-0.39, 0.29) is 30.9 Å². The van der Waals surface area contributed by atoms with Gasteiger partial charge in [0.1, 0.15) is 0 Å². The van der Waals surface area contributed by atoms with E-state index in [1.165, 1.54) is 12.1 Å². The van der Waals surface area contributed by atoms with Crippen LogP contribution >= 0.6 is 12.4 Å². The van der Waals surface area contributed by atoms with Crippen molar-refractivity contribution >= 4 is 18.3 Å². The van der Waals surface area contributed by atoms with Gasteiger partial charge in [-0.25, -0.2) is 0 Å². The molecule has 1 heterocycles. The average molecular weight is 379 g/mol. The summed E-state index contributed by atoms with van der Waals surface area (Å²) in [5.74, 6) is -0.269. The average Bonchev–Trinajstić information content (AvgIpc) is 2.99. The maximum absolute atomic E-state index is 12.9. The second-order valence-electron chi connectivity index (χ2n) is 5.22. The lowest BCUT2D eigenvalue weighted by Gasteiger charge is -2.11. The van der Waals surface area contributed by atoms with Gasteiger partial charge in [0, 0.05) is 12.5 Å². The molecule has 0 aliphatic heterocycles. The number of rotatable bonds is 6. The Morgan fingerprint density at radius 1 is 1.32 bits per heavy atom. The van der Waals surface area contributed by atoms with Crippen molar-refractivity contribution < 1.29 is 22.5 Å². The fourth-order valence-electron chi connectivity index (χ4n) is 2.00. The fraction of sp³-hybridized carbons (Fsp3) is 0.400. The minimum Gasteiger partial charge on any atom is -0.343 e. The predicted molar refractivity (Wildman–Crippen MR) is 86.4 cm³/mol. The maximum atomic E-state index is 12.9. The number of nitrogens with one attached hydrogen (secondary N) is 2. The lowest BCUT2D eigenvalue weighted by molar-refractivity contribution is -0.137. The summed E-state index contributed by atoms with van der Waals surface area (Å²) in [5.41, 5.74) is -1.44. The van der Waals surface area contributed by atoms with Gasteiger partial charge in [0.15, 0.2) is 5.82 Å². The Kier molecular flexibility index (Phi) is 7.38. The van der Waals surface area contributed by atoms with Crippen LogP contribution in [0.4, 0.5) is 13.2 Å². The van der Waals surface area contributed by atoms with Gasteiger partial charge < -0.3 is 15.2 Å². The molecule has 2 N–H and O–H groups in total. The molecule has 25 heavy (non-hydrogen) atoms. The van der Waals surface area contributed by atoms with Crippen molar-refractivity contribution in [1.29, 1.82) is 0 Å². The van der Waals surface area contributed by atoms with Crippen LogP contribution in [0.1, 0.15) is 34.6 Å². The quantitative estimate of drug-likeness (QED) is 0.807. The Bertz CT molecular complexity index is 706. The SMILES string of the molecule is CNC(C)Cc1noc(CNC(=O)c2ccccc2C(F)(F)F)n1.Cl. The first-order valence-corrected chi connectivity index (χ1v) is 7.24. The molecule has 0 saturated heterocycles. The zero-order valence-corrected chi connectivity index (χ0v) is 14.4. The lowest BCUT2D eigenvalue weighted by Crippen LogP contribution is -2.26. The standard InChI is InChI=1S/C15H17F3N4O2.ClH/c1-9(19-2)7-12-21-13(24-22-12)8-20-14(23)10-5-3-4-6-11(10)15(16,17)18;/h3-6,9,19H,7-8H2,1-2H3,(H,20,23);1H. The number of nitrogens with zero attached hydrogens (tertiary/aromatic N) is 2.